The van der Waals surface area contributed by atoms with E-state index >= 15 is 0 Å². The number of phenolic OH excluding ortho intramolecular Hbond substituents is 1. The van der Waals surface area contributed by atoms with Crippen molar-refractivity contribution < 1.29 is 14.6 Å². The molecule has 1 heterocycles. The molecule has 0 aliphatic heterocycles. The number of aromatic hydroxyl groups is 1. The number of rotatable bonds is 8. The van der Waals surface area contributed by atoms with Gasteiger partial charge in [0, 0.05) is 6.54 Å². The maximum atomic E-state index is 12.4. The molecule has 28 heavy (non-hydrogen) atoms. The van der Waals surface area contributed by atoms with E-state index in [1.54, 1.807) is 31.4 Å². The van der Waals surface area contributed by atoms with Crippen molar-refractivity contribution in [1.29, 1.82) is 0 Å². The van der Waals surface area contributed by atoms with Crippen LogP contribution in [0.2, 0.25) is 0 Å². The van der Waals surface area contributed by atoms with E-state index in [0.29, 0.717) is 17.4 Å². The molecule has 0 fully saturated rings. The summed E-state index contributed by atoms with van der Waals surface area (Å²) >= 11 is 1.27. The maximum Gasteiger partial charge on any atom is 0.233 e. The van der Waals surface area contributed by atoms with Gasteiger partial charge in [-0.2, -0.15) is 4.68 Å². The first-order valence-corrected chi connectivity index (χ1v) is 9.60. The van der Waals surface area contributed by atoms with Crippen LogP contribution in [0.3, 0.4) is 0 Å². The number of tetrazole rings is 1. The lowest BCUT2D eigenvalue weighted by Gasteiger charge is -2.12. The van der Waals surface area contributed by atoms with Crippen molar-refractivity contribution in [2.75, 3.05) is 13.7 Å². The van der Waals surface area contributed by atoms with Crippen LogP contribution in [0.1, 0.15) is 12.5 Å². The van der Waals surface area contributed by atoms with Crippen LogP contribution >= 0.6 is 11.8 Å². The highest BCUT2D eigenvalue weighted by molar-refractivity contribution is 8.00. The minimum atomic E-state index is -0.363. The predicted molar refractivity (Wildman–Crippen MR) is 106 cm³/mol. The van der Waals surface area contributed by atoms with Gasteiger partial charge < -0.3 is 15.2 Å². The first-order chi connectivity index (χ1) is 13.6. The molecule has 1 aromatic heterocycles. The number of benzene rings is 2. The number of nitrogens with zero attached hydrogens (tertiary/aromatic N) is 4. The van der Waals surface area contributed by atoms with Crippen LogP contribution in [0, 0.1) is 0 Å². The zero-order valence-electron chi connectivity index (χ0n) is 15.6. The molecule has 0 spiro atoms. The van der Waals surface area contributed by atoms with Crippen LogP contribution in [-0.2, 0) is 11.2 Å². The van der Waals surface area contributed by atoms with E-state index in [0.717, 1.165) is 17.7 Å². The first kappa shape index (κ1) is 19.7. The summed E-state index contributed by atoms with van der Waals surface area (Å²) in [6, 6.07) is 14.3. The Labute approximate surface area is 166 Å². The third-order valence-electron chi connectivity index (χ3n) is 4.06. The number of carbonyl (C=O) groups excluding carboxylic acids is 1. The Bertz CT molecular complexity index is 912. The Morgan fingerprint density at radius 2 is 1.93 bits per heavy atom. The van der Waals surface area contributed by atoms with Gasteiger partial charge in [0.2, 0.25) is 11.1 Å². The number of ether oxygens (including phenoxy) is 1. The summed E-state index contributed by atoms with van der Waals surface area (Å²) < 4.78 is 6.67. The number of phenols is 1. The molecule has 0 unspecified atom stereocenters. The van der Waals surface area contributed by atoms with Crippen LogP contribution in [0.25, 0.3) is 5.69 Å². The number of methoxy groups -OCH3 is 1. The Kier molecular flexibility index (Phi) is 6.49. The monoisotopic (exact) mass is 399 g/mol. The summed E-state index contributed by atoms with van der Waals surface area (Å²) in [6.07, 6.45) is 0.734. The summed E-state index contributed by atoms with van der Waals surface area (Å²) in [4.78, 5) is 12.4. The van der Waals surface area contributed by atoms with Gasteiger partial charge in [-0.05, 0) is 65.7 Å². The predicted octanol–water partition coefficient (Wildman–Crippen LogP) is 2.22. The molecule has 0 aliphatic carbocycles. The van der Waals surface area contributed by atoms with Gasteiger partial charge >= 0.3 is 0 Å². The number of nitrogens with one attached hydrogen (secondary N) is 1. The van der Waals surface area contributed by atoms with Crippen LogP contribution in [0.4, 0.5) is 0 Å². The summed E-state index contributed by atoms with van der Waals surface area (Å²) in [5, 5.41) is 24.1. The van der Waals surface area contributed by atoms with E-state index in [1.807, 2.05) is 31.2 Å². The van der Waals surface area contributed by atoms with Crippen LogP contribution in [0.5, 0.6) is 11.5 Å². The third-order valence-corrected chi connectivity index (χ3v) is 5.09. The van der Waals surface area contributed by atoms with Crippen LogP contribution < -0.4 is 10.1 Å². The Hall–Kier alpha value is -3.07. The molecular formula is C19H21N5O3S. The van der Waals surface area contributed by atoms with Crippen molar-refractivity contribution in [3.8, 4) is 17.2 Å². The maximum absolute atomic E-state index is 12.4. The number of amides is 1. The molecule has 2 aromatic carbocycles. The zero-order chi connectivity index (χ0) is 19.9. The van der Waals surface area contributed by atoms with E-state index in [1.165, 1.54) is 16.4 Å². The first-order valence-electron chi connectivity index (χ1n) is 8.72. The minimum absolute atomic E-state index is 0.0845. The van der Waals surface area contributed by atoms with Crippen molar-refractivity contribution in [3.05, 3.63) is 54.1 Å². The number of thioether (sulfide) groups is 1. The minimum Gasteiger partial charge on any atom is -0.508 e. The lowest BCUT2D eigenvalue weighted by molar-refractivity contribution is -0.120. The zero-order valence-corrected chi connectivity index (χ0v) is 16.4. The molecule has 1 atom stereocenters. The smallest absolute Gasteiger partial charge is 0.233 e. The summed E-state index contributed by atoms with van der Waals surface area (Å²) in [5.41, 5.74) is 1.83. The lowest BCUT2D eigenvalue weighted by Crippen LogP contribution is -2.32. The van der Waals surface area contributed by atoms with Crippen molar-refractivity contribution in [3.63, 3.8) is 0 Å². The second kappa shape index (κ2) is 9.23. The molecule has 0 radical (unpaired) electrons. The van der Waals surface area contributed by atoms with Crippen LogP contribution in [-0.4, -0.2) is 50.1 Å². The summed E-state index contributed by atoms with van der Waals surface area (Å²) in [5.74, 6) is 0.888. The van der Waals surface area contributed by atoms with Gasteiger partial charge in [-0.25, -0.2) is 0 Å². The number of hydrogen-bond donors (Lipinski definition) is 2. The normalized spacial score (nSPS) is 11.8. The van der Waals surface area contributed by atoms with Crippen molar-refractivity contribution >= 4 is 17.7 Å². The van der Waals surface area contributed by atoms with Gasteiger partial charge in [0.15, 0.2) is 0 Å². The lowest BCUT2D eigenvalue weighted by atomic mass is 10.1. The summed E-state index contributed by atoms with van der Waals surface area (Å²) in [7, 11) is 1.63. The SMILES string of the molecule is COc1ccc(CCNC(=O)[C@@H](C)Sc2nnnn2-c2ccc(O)cc2)cc1. The van der Waals surface area contributed by atoms with Crippen molar-refractivity contribution in [1.82, 2.24) is 25.5 Å². The highest BCUT2D eigenvalue weighted by atomic mass is 32.2. The average Bonchev–Trinajstić information content (AvgIpc) is 3.17. The number of carbonyl (C=O) groups is 1. The molecule has 9 heteroatoms. The fourth-order valence-corrected chi connectivity index (χ4v) is 3.32. The quantitative estimate of drug-likeness (QED) is 0.560. The molecule has 0 bridgehead atoms. The van der Waals surface area contributed by atoms with Gasteiger partial charge in [-0.3, -0.25) is 4.79 Å². The van der Waals surface area contributed by atoms with E-state index in [-0.39, 0.29) is 16.9 Å². The largest absolute Gasteiger partial charge is 0.508 e. The Morgan fingerprint density at radius 1 is 1.21 bits per heavy atom. The molecule has 2 N–H and O–H groups in total. The Balaban J connectivity index is 1.53. The second-order valence-electron chi connectivity index (χ2n) is 6.04. The van der Waals surface area contributed by atoms with Crippen molar-refractivity contribution in [2.24, 2.45) is 0 Å². The molecule has 3 aromatic rings. The highest BCUT2D eigenvalue weighted by Crippen LogP contribution is 2.23. The average molecular weight is 399 g/mol. The van der Waals surface area contributed by atoms with E-state index in [9.17, 15) is 9.90 Å². The second-order valence-corrected chi connectivity index (χ2v) is 7.35. The fourth-order valence-electron chi connectivity index (χ4n) is 2.49. The molecule has 0 saturated carbocycles. The van der Waals surface area contributed by atoms with Gasteiger partial charge in [-0.1, -0.05) is 23.9 Å². The van der Waals surface area contributed by atoms with Crippen LogP contribution in [0.15, 0.2) is 53.7 Å². The van der Waals surface area contributed by atoms with Gasteiger partial charge in [0.1, 0.15) is 11.5 Å². The topological polar surface area (TPSA) is 102 Å². The molecule has 146 valence electrons. The fraction of sp³-hybridized carbons (Fsp3) is 0.263. The molecule has 3 rings (SSSR count). The molecule has 1 amide bonds. The highest BCUT2D eigenvalue weighted by Gasteiger charge is 2.19. The molecule has 0 aliphatic rings. The van der Waals surface area contributed by atoms with E-state index < -0.39 is 0 Å². The molecule has 0 saturated heterocycles. The van der Waals surface area contributed by atoms with E-state index in [2.05, 4.69) is 20.8 Å². The van der Waals surface area contributed by atoms with Crippen molar-refractivity contribution in [2.45, 2.75) is 23.8 Å². The van der Waals surface area contributed by atoms with Gasteiger partial charge in [0.25, 0.3) is 0 Å². The summed E-state index contributed by atoms with van der Waals surface area (Å²) in [6.45, 7) is 2.35. The molecular weight excluding hydrogens is 378 g/mol. The number of hydrogen-bond acceptors (Lipinski definition) is 7. The van der Waals surface area contributed by atoms with Gasteiger partial charge in [-0.15, -0.1) is 5.10 Å². The molecule has 8 nitrogen and oxygen atoms in total. The standard InChI is InChI=1S/C19H21N5O3S/c1-13(18(26)20-12-11-14-3-9-17(27-2)10-4-14)28-19-21-22-23-24(19)15-5-7-16(25)8-6-15/h3-10,13,25H,11-12H2,1-2H3,(H,20,26)/t13-/m1/s1. The number of aromatic nitrogens is 4. The van der Waals surface area contributed by atoms with Gasteiger partial charge in [0.05, 0.1) is 18.0 Å². The van der Waals surface area contributed by atoms with E-state index in [4.69, 9.17) is 4.74 Å². The Morgan fingerprint density at radius 3 is 2.61 bits per heavy atom. The third kappa shape index (κ3) is 5.01.